The lowest BCUT2D eigenvalue weighted by Gasteiger charge is -2.19. The van der Waals surface area contributed by atoms with Gasteiger partial charge in [0.1, 0.15) is 11.6 Å². The van der Waals surface area contributed by atoms with Crippen molar-refractivity contribution in [2.24, 2.45) is 0 Å². The zero-order chi connectivity index (χ0) is 11.4. The van der Waals surface area contributed by atoms with Crippen LogP contribution in [0.3, 0.4) is 0 Å². The van der Waals surface area contributed by atoms with E-state index in [4.69, 9.17) is 0 Å². The molecule has 3 heteroatoms. The highest BCUT2D eigenvalue weighted by molar-refractivity contribution is 5.28. The van der Waals surface area contributed by atoms with Crippen LogP contribution in [0.15, 0.2) is 18.2 Å². The predicted molar refractivity (Wildman–Crippen MR) is 61.8 cm³/mol. The first-order chi connectivity index (χ1) is 7.74. The van der Waals surface area contributed by atoms with E-state index in [0.717, 1.165) is 31.3 Å². The van der Waals surface area contributed by atoms with Gasteiger partial charge in [-0.3, -0.25) is 4.90 Å². The van der Waals surface area contributed by atoms with Crippen molar-refractivity contribution in [3.05, 3.63) is 29.6 Å². The Morgan fingerprint density at radius 2 is 1.75 bits per heavy atom. The lowest BCUT2D eigenvalue weighted by molar-refractivity contribution is 0.276. The number of phenolic OH excluding ortho intramolecular Hbond substituents is 1. The number of benzene rings is 1. The number of hydrogen-bond acceptors (Lipinski definition) is 2. The van der Waals surface area contributed by atoms with Crippen LogP contribution >= 0.6 is 0 Å². The maximum atomic E-state index is 13.1. The van der Waals surface area contributed by atoms with Crippen molar-refractivity contribution in [3.63, 3.8) is 0 Å². The molecule has 0 bridgehead atoms. The Morgan fingerprint density at radius 3 is 2.38 bits per heavy atom. The molecule has 0 atom stereocenters. The number of hydrogen-bond donors (Lipinski definition) is 1. The molecule has 1 N–H and O–H groups in total. The first-order valence-electron chi connectivity index (χ1n) is 5.95. The van der Waals surface area contributed by atoms with Crippen LogP contribution in [0.4, 0.5) is 4.39 Å². The molecule has 1 aliphatic heterocycles. The fourth-order valence-electron chi connectivity index (χ4n) is 2.28. The van der Waals surface area contributed by atoms with Crippen molar-refractivity contribution in [1.82, 2.24) is 4.90 Å². The second-order valence-electron chi connectivity index (χ2n) is 4.51. The summed E-state index contributed by atoms with van der Waals surface area (Å²) in [4.78, 5) is 2.33. The molecule has 0 aromatic heterocycles. The topological polar surface area (TPSA) is 23.5 Å². The molecule has 1 saturated heterocycles. The minimum Gasteiger partial charge on any atom is -0.508 e. The molecule has 0 unspecified atom stereocenters. The molecule has 1 aromatic carbocycles. The zero-order valence-electron chi connectivity index (χ0n) is 9.45. The van der Waals surface area contributed by atoms with Crippen LogP contribution in [-0.4, -0.2) is 23.1 Å². The van der Waals surface area contributed by atoms with Gasteiger partial charge in [-0.05, 0) is 43.6 Å². The molecule has 0 spiro atoms. The minimum absolute atomic E-state index is 0.0184. The number of phenols is 1. The van der Waals surface area contributed by atoms with E-state index < -0.39 is 0 Å². The molecule has 16 heavy (non-hydrogen) atoms. The lowest BCUT2D eigenvalue weighted by Crippen LogP contribution is -2.23. The van der Waals surface area contributed by atoms with Gasteiger partial charge in [-0.1, -0.05) is 12.8 Å². The van der Waals surface area contributed by atoms with E-state index in [1.54, 1.807) is 6.07 Å². The van der Waals surface area contributed by atoms with Crippen molar-refractivity contribution in [3.8, 4) is 5.75 Å². The van der Waals surface area contributed by atoms with E-state index in [9.17, 15) is 9.50 Å². The third-order valence-corrected chi connectivity index (χ3v) is 3.05. The first-order valence-corrected chi connectivity index (χ1v) is 5.95. The second-order valence-corrected chi connectivity index (χ2v) is 4.51. The van der Waals surface area contributed by atoms with Crippen LogP contribution in [0, 0.1) is 5.82 Å². The molecule has 1 heterocycles. The maximum absolute atomic E-state index is 13.1. The standard InChI is InChI=1S/C13H18FNO/c14-12-7-11(8-13(16)9-12)10-15-5-3-1-2-4-6-15/h7-9,16H,1-6,10H2. The van der Waals surface area contributed by atoms with Gasteiger partial charge >= 0.3 is 0 Å². The van der Waals surface area contributed by atoms with Gasteiger partial charge in [-0.2, -0.15) is 0 Å². The molecule has 2 rings (SSSR count). The van der Waals surface area contributed by atoms with E-state index in [0.29, 0.717) is 0 Å². The van der Waals surface area contributed by atoms with Crippen LogP contribution in [0.5, 0.6) is 5.75 Å². The summed E-state index contributed by atoms with van der Waals surface area (Å²) in [5.41, 5.74) is 0.861. The average Bonchev–Trinajstić information content (AvgIpc) is 2.44. The van der Waals surface area contributed by atoms with E-state index >= 15 is 0 Å². The Hall–Kier alpha value is -1.09. The third kappa shape index (κ3) is 3.20. The molecule has 0 radical (unpaired) electrons. The molecular weight excluding hydrogens is 205 g/mol. The van der Waals surface area contributed by atoms with Gasteiger partial charge in [0.2, 0.25) is 0 Å². The zero-order valence-corrected chi connectivity index (χ0v) is 9.45. The molecule has 1 aromatic rings. The molecule has 88 valence electrons. The summed E-state index contributed by atoms with van der Waals surface area (Å²) in [5, 5.41) is 9.32. The summed E-state index contributed by atoms with van der Waals surface area (Å²) in [6.07, 6.45) is 5.04. The SMILES string of the molecule is Oc1cc(F)cc(CN2CCCCCC2)c1. The van der Waals surface area contributed by atoms with Crippen molar-refractivity contribution in [2.75, 3.05) is 13.1 Å². The fourth-order valence-corrected chi connectivity index (χ4v) is 2.28. The number of halogens is 1. The Kier molecular flexibility index (Phi) is 3.78. The number of rotatable bonds is 2. The van der Waals surface area contributed by atoms with Gasteiger partial charge in [-0.15, -0.1) is 0 Å². The van der Waals surface area contributed by atoms with Crippen molar-refractivity contribution in [1.29, 1.82) is 0 Å². The quantitative estimate of drug-likeness (QED) is 0.833. The summed E-state index contributed by atoms with van der Waals surface area (Å²) < 4.78 is 13.1. The van der Waals surface area contributed by atoms with Gasteiger partial charge < -0.3 is 5.11 Å². The third-order valence-electron chi connectivity index (χ3n) is 3.05. The van der Waals surface area contributed by atoms with Gasteiger partial charge in [0.05, 0.1) is 0 Å². The number of nitrogens with zero attached hydrogens (tertiary/aromatic N) is 1. The van der Waals surface area contributed by atoms with Crippen LogP contribution in [0.1, 0.15) is 31.2 Å². The van der Waals surface area contributed by atoms with Crippen LogP contribution < -0.4 is 0 Å². The van der Waals surface area contributed by atoms with Crippen molar-refractivity contribution < 1.29 is 9.50 Å². The van der Waals surface area contributed by atoms with Gasteiger partial charge in [-0.25, -0.2) is 4.39 Å². The molecular formula is C13H18FNO. The molecule has 0 amide bonds. The Bertz CT molecular complexity index is 326. The summed E-state index contributed by atoms with van der Waals surface area (Å²) in [6, 6.07) is 4.30. The number of likely N-dealkylation sites (tertiary alicyclic amines) is 1. The largest absolute Gasteiger partial charge is 0.508 e. The summed E-state index contributed by atoms with van der Waals surface area (Å²) in [5.74, 6) is -0.338. The molecule has 2 nitrogen and oxygen atoms in total. The van der Waals surface area contributed by atoms with Gasteiger partial charge in [0, 0.05) is 12.6 Å². The minimum atomic E-state index is -0.357. The summed E-state index contributed by atoms with van der Waals surface area (Å²) in [7, 11) is 0. The van der Waals surface area contributed by atoms with Crippen LogP contribution in [0.2, 0.25) is 0 Å². The van der Waals surface area contributed by atoms with Crippen LogP contribution in [0.25, 0.3) is 0 Å². The van der Waals surface area contributed by atoms with Crippen molar-refractivity contribution >= 4 is 0 Å². The molecule has 0 saturated carbocycles. The highest BCUT2D eigenvalue weighted by Crippen LogP contribution is 2.18. The smallest absolute Gasteiger partial charge is 0.127 e. The summed E-state index contributed by atoms with van der Waals surface area (Å²) >= 11 is 0. The highest BCUT2D eigenvalue weighted by atomic mass is 19.1. The number of aromatic hydroxyl groups is 1. The maximum Gasteiger partial charge on any atom is 0.127 e. The first kappa shape index (κ1) is 11.4. The van der Waals surface area contributed by atoms with E-state index in [1.165, 1.54) is 31.7 Å². The molecule has 1 aliphatic rings. The molecule has 0 aliphatic carbocycles. The lowest BCUT2D eigenvalue weighted by atomic mass is 10.2. The van der Waals surface area contributed by atoms with Crippen LogP contribution in [-0.2, 0) is 6.54 Å². The van der Waals surface area contributed by atoms with E-state index in [1.807, 2.05) is 0 Å². The van der Waals surface area contributed by atoms with Gasteiger partial charge in [0.25, 0.3) is 0 Å². The van der Waals surface area contributed by atoms with Gasteiger partial charge in [0.15, 0.2) is 0 Å². The Balaban J connectivity index is 2.01. The monoisotopic (exact) mass is 223 g/mol. The predicted octanol–water partition coefficient (Wildman–Crippen LogP) is 2.91. The average molecular weight is 223 g/mol. The second kappa shape index (κ2) is 5.30. The fraction of sp³-hybridized carbons (Fsp3) is 0.538. The van der Waals surface area contributed by atoms with Crippen molar-refractivity contribution in [2.45, 2.75) is 32.2 Å². The van der Waals surface area contributed by atoms with E-state index in [2.05, 4.69) is 4.90 Å². The molecule has 1 fully saturated rings. The normalized spacial score (nSPS) is 18.3. The van der Waals surface area contributed by atoms with E-state index in [-0.39, 0.29) is 11.6 Å². The highest BCUT2D eigenvalue weighted by Gasteiger charge is 2.10. The Labute approximate surface area is 95.7 Å². The Morgan fingerprint density at radius 1 is 1.06 bits per heavy atom. The summed E-state index contributed by atoms with van der Waals surface area (Å²) in [6.45, 7) is 2.90.